The fourth-order valence-electron chi connectivity index (χ4n) is 13.4. The second-order valence-corrected chi connectivity index (χ2v) is 20.3. The molecule has 11 aromatic carbocycles. The minimum Gasteiger partial charge on any atom is -0.310 e. The van der Waals surface area contributed by atoms with Crippen LogP contribution in [-0.4, -0.2) is 4.57 Å². The molecule has 338 valence electrons. The molecule has 0 radical (unpaired) electrons. The number of nitrogens with zero attached hydrogens (tertiary/aromatic N) is 2. The highest BCUT2D eigenvalue weighted by atomic mass is 15.1. The van der Waals surface area contributed by atoms with E-state index in [0.29, 0.717) is 0 Å². The molecule has 3 aliphatic carbocycles. The van der Waals surface area contributed by atoms with Gasteiger partial charge in [0, 0.05) is 38.8 Å². The van der Waals surface area contributed by atoms with Crippen molar-refractivity contribution in [3.63, 3.8) is 0 Å². The highest BCUT2D eigenvalue weighted by Crippen LogP contribution is 2.65. The van der Waals surface area contributed by atoms with Crippen LogP contribution in [0.15, 0.2) is 255 Å². The van der Waals surface area contributed by atoms with Gasteiger partial charge in [0.15, 0.2) is 0 Å². The maximum absolute atomic E-state index is 2.53. The van der Waals surface area contributed by atoms with Crippen LogP contribution in [0.1, 0.15) is 47.2 Å². The van der Waals surface area contributed by atoms with E-state index in [2.05, 4.69) is 278 Å². The molecule has 0 atom stereocenters. The summed E-state index contributed by atoms with van der Waals surface area (Å²) in [6, 6.07) is 95.2. The summed E-state index contributed by atoms with van der Waals surface area (Å²) >= 11 is 0. The first-order valence-electron chi connectivity index (χ1n) is 25.3. The molecule has 1 spiro atoms. The molecule has 0 unspecified atom stereocenters. The zero-order chi connectivity index (χ0) is 47.7. The van der Waals surface area contributed by atoms with E-state index in [9.17, 15) is 0 Å². The van der Waals surface area contributed by atoms with Gasteiger partial charge in [0.1, 0.15) is 0 Å². The molecular weight excluding hydrogens is 869 g/mol. The lowest BCUT2D eigenvalue weighted by atomic mass is 9.70. The molecule has 0 bridgehead atoms. The summed E-state index contributed by atoms with van der Waals surface area (Å²) in [6.07, 6.45) is 0. The molecular formula is C70H48N2. The number of hydrogen-bond donors (Lipinski definition) is 0. The van der Waals surface area contributed by atoms with E-state index in [1.807, 2.05) is 0 Å². The minimum absolute atomic E-state index is 0.0754. The van der Waals surface area contributed by atoms with Gasteiger partial charge in [-0.2, -0.15) is 0 Å². The maximum Gasteiger partial charge on any atom is 0.0746 e. The van der Waals surface area contributed by atoms with E-state index in [1.165, 1.54) is 117 Å². The van der Waals surface area contributed by atoms with Gasteiger partial charge in [-0.3, -0.25) is 0 Å². The lowest BCUT2D eigenvalue weighted by molar-refractivity contribution is 0.660. The van der Waals surface area contributed by atoms with Crippen molar-refractivity contribution in [2.24, 2.45) is 0 Å². The van der Waals surface area contributed by atoms with E-state index in [0.717, 1.165) is 17.1 Å². The number of hydrogen-bond acceptors (Lipinski definition) is 1. The van der Waals surface area contributed by atoms with Crippen LogP contribution in [0.2, 0.25) is 0 Å². The third-order valence-electron chi connectivity index (χ3n) is 16.4. The van der Waals surface area contributed by atoms with Gasteiger partial charge in [0.2, 0.25) is 0 Å². The molecule has 0 fully saturated rings. The van der Waals surface area contributed by atoms with Crippen LogP contribution in [0.3, 0.4) is 0 Å². The molecule has 0 saturated heterocycles. The lowest BCUT2D eigenvalue weighted by Gasteiger charge is -2.36. The molecule has 0 saturated carbocycles. The van der Waals surface area contributed by atoms with Crippen molar-refractivity contribution in [1.82, 2.24) is 4.57 Å². The molecule has 12 aromatic rings. The van der Waals surface area contributed by atoms with Crippen LogP contribution in [-0.2, 0) is 10.8 Å². The number of anilines is 3. The van der Waals surface area contributed by atoms with Gasteiger partial charge >= 0.3 is 0 Å². The first-order chi connectivity index (χ1) is 35.5. The zero-order valence-corrected chi connectivity index (χ0v) is 40.1. The van der Waals surface area contributed by atoms with Crippen LogP contribution < -0.4 is 4.90 Å². The summed E-state index contributed by atoms with van der Waals surface area (Å²) in [4.78, 5) is 2.53. The zero-order valence-electron chi connectivity index (χ0n) is 40.1. The molecule has 2 heteroatoms. The van der Waals surface area contributed by atoms with Crippen molar-refractivity contribution in [3.05, 3.63) is 288 Å². The van der Waals surface area contributed by atoms with Gasteiger partial charge in [-0.05, 0) is 138 Å². The topological polar surface area (TPSA) is 8.17 Å². The summed E-state index contributed by atoms with van der Waals surface area (Å²) in [5.41, 5.74) is 27.1. The molecule has 2 nitrogen and oxygen atoms in total. The van der Waals surface area contributed by atoms with Gasteiger partial charge in [-0.1, -0.05) is 214 Å². The average molecular weight is 917 g/mol. The van der Waals surface area contributed by atoms with Crippen LogP contribution in [0, 0.1) is 0 Å². The fourth-order valence-corrected chi connectivity index (χ4v) is 13.4. The quantitative estimate of drug-likeness (QED) is 0.161. The van der Waals surface area contributed by atoms with E-state index in [-0.39, 0.29) is 5.41 Å². The Morgan fingerprint density at radius 2 is 0.792 bits per heavy atom. The molecule has 15 rings (SSSR count). The second-order valence-electron chi connectivity index (χ2n) is 20.3. The monoisotopic (exact) mass is 916 g/mol. The Morgan fingerprint density at radius 3 is 1.46 bits per heavy atom. The molecule has 0 N–H and O–H groups in total. The van der Waals surface area contributed by atoms with Crippen molar-refractivity contribution >= 4 is 38.9 Å². The van der Waals surface area contributed by atoms with Crippen molar-refractivity contribution in [1.29, 1.82) is 0 Å². The fraction of sp³-hybridized carbons (Fsp3) is 0.0571. The summed E-state index contributed by atoms with van der Waals surface area (Å²) in [6.45, 7) is 4.73. The van der Waals surface area contributed by atoms with Gasteiger partial charge in [0.05, 0.1) is 22.1 Å². The summed E-state index contributed by atoms with van der Waals surface area (Å²) in [5, 5.41) is 2.51. The summed E-state index contributed by atoms with van der Waals surface area (Å²) in [5.74, 6) is 0. The Labute approximate surface area is 420 Å². The Hall–Kier alpha value is -8.98. The molecule has 0 aliphatic heterocycles. The molecule has 1 aromatic heterocycles. The smallest absolute Gasteiger partial charge is 0.0746 e. The number of benzene rings is 11. The third kappa shape index (κ3) is 5.49. The van der Waals surface area contributed by atoms with Crippen LogP contribution >= 0.6 is 0 Å². The molecule has 3 aliphatic rings. The van der Waals surface area contributed by atoms with E-state index in [4.69, 9.17) is 0 Å². The minimum atomic E-state index is -0.527. The standard InChI is InChI=1S/C70H48N2/c1-69(2)58-29-11-9-24-56(58)66-50(26-16-33-62(66)69)45-37-41-48(42-38-45)71(49-43-39-46(40-44-49)51-27-17-35-64-67(51)57-25-10-15-34-63(57)72(64)47-19-4-3-5-20-47)65-36-18-28-55-54-23-8-14-32-61(54)70(68(55)65)59-30-12-6-21-52(59)53-22-7-13-31-60(53)70/h3-44H,1-2H3. The van der Waals surface area contributed by atoms with Crippen molar-refractivity contribution in [2.75, 3.05) is 4.90 Å². The lowest BCUT2D eigenvalue weighted by Crippen LogP contribution is -2.28. The molecule has 0 amide bonds. The number of para-hydroxylation sites is 2. The van der Waals surface area contributed by atoms with Gasteiger partial charge < -0.3 is 9.47 Å². The highest BCUT2D eigenvalue weighted by Gasteiger charge is 2.53. The molecule has 1 heterocycles. The predicted molar refractivity (Wildman–Crippen MR) is 300 cm³/mol. The SMILES string of the molecule is CC1(C)c2ccccc2-c2c(-c3ccc(N(c4ccc(-c5cccc6c5c5ccccc5n6-c5ccccc5)cc4)c4cccc5c4C4(c6ccccc6-c6ccccc64)c4ccccc4-5)cc3)cccc21. The van der Waals surface area contributed by atoms with Gasteiger partial charge in [0.25, 0.3) is 0 Å². The third-order valence-corrected chi connectivity index (χ3v) is 16.4. The second kappa shape index (κ2) is 15.3. The van der Waals surface area contributed by atoms with Crippen molar-refractivity contribution in [3.8, 4) is 61.3 Å². The number of aromatic nitrogens is 1. The maximum atomic E-state index is 2.53. The van der Waals surface area contributed by atoms with E-state index >= 15 is 0 Å². The Morgan fingerprint density at radius 1 is 0.333 bits per heavy atom. The Bertz CT molecular complexity index is 4110. The van der Waals surface area contributed by atoms with E-state index < -0.39 is 5.41 Å². The summed E-state index contributed by atoms with van der Waals surface area (Å²) in [7, 11) is 0. The van der Waals surface area contributed by atoms with Crippen LogP contribution in [0.25, 0.3) is 83.1 Å². The van der Waals surface area contributed by atoms with Crippen LogP contribution in [0.5, 0.6) is 0 Å². The molecule has 72 heavy (non-hydrogen) atoms. The van der Waals surface area contributed by atoms with E-state index in [1.54, 1.807) is 0 Å². The number of rotatable bonds is 6. The van der Waals surface area contributed by atoms with Gasteiger partial charge in [-0.25, -0.2) is 0 Å². The first kappa shape index (κ1) is 40.9. The van der Waals surface area contributed by atoms with Crippen molar-refractivity contribution < 1.29 is 0 Å². The van der Waals surface area contributed by atoms with Gasteiger partial charge in [-0.15, -0.1) is 0 Å². The average Bonchev–Trinajstić information content (AvgIpc) is 4.13. The van der Waals surface area contributed by atoms with Crippen molar-refractivity contribution in [2.45, 2.75) is 24.7 Å². The Balaban J connectivity index is 0.946. The highest BCUT2D eigenvalue weighted by molar-refractivity contribution is 6.16. The Kier molecular flexibility index (Phi) is 8.66. The summed E-state index contributed by atoms with van der Waals surface area (Å²) < 4.78 is 2.40. The normalized spacial score (nSPS) is 13.9. The predicted octanol–water partition coefficient (Wildman–Crippen LogP) is 18.2. The first-order valence-corrected chi connectivity index (χ1v) is 25.3. The number of fused-ring (bicyclic) bond motifs is 16. The van der Waals surface area contributed by atoms with Crippen LogP contribution in [0.4, 0.5) is 17.1 Å². The largest absolute Gasteiger partial charge is 0.310 e.